The third-order valence-electron chi connectivity index (χ3n) is 1.43. The number of anilines is 2. The lowest BCUT2D eigenvalue weighted by Gasteiger charge is -2.05. The highest BCUT2D eigenvalue weighted by atomic mass is 16.5. The number of aromatic nitrogens is 2. The van der Waals surface area contributed by atoms with Crippen LogP contribution in [-0.2, 0) is 4.74 Å². The van der Waals surface area contributed by atoms with E-state index in [0.717, 1.165) is 5.82 Å². The van der Waals surface area contributed by atoms with Gasteiger partial charge in [-0.2, -0.15) is 0 Å². The van der Waals surface area contributed by atoms with E-state index >= 15 is 0 Å². The summed E-state index contributed by atoms with van der Waals surface area (Å²) in [5.74, 6) is 6.48. The van der Waals surface area contributed by atoms with Crippen molar-refractivity contribution < 1.29 is 4.74 Å². The molecule has 0 saturated carbocycles. The maximum atomic E-state index is 5.18. The zero-order valence-corrected chi connectivity index (χ0v) is 7.45. The summed E-state index contributed by atoms with van der Waals surface area (Å²) in [5.41, 5.74) is 2.44. The molecule has 1 aromatic heterocycles. The first kappa shape index (κ1) is 9.69. The van der Waals surface area contributed by atoms with Crippen molar-refractivity contribution in [1.82, 2.24) is 9.97 Å². The lowest BCUT2D eigenvalue weighted by molar-refractivity contribution is 0.210. The molecule has 0 aliphatic rings. The van der Waals surface area contributed by atoms with E-state index in [9.17, 15) is 0 Å². The smallest absolute Gasteiger partial charge is 0.145 e. The summed E-state index contributed by atoms with van der Waals surface area (Å²) in [6, 6.07) is 1.72. The number of hydrazine groups is 1. The molecule has 0 saturated heterocycles. The maximum absolute atomic E-state index is 5.18. The molecule has 0 atom stereocenters. The largest absolute Gasteiger partial charge is 0.383 e. The van der Waals surface area contributed by atoms with Gasteiger partial charge in [-0.05, 0) is 0 Å². The lowest BCUT2D eigenvalue weighted by Crippen LogP contribution is -2.12. The maximum Gasteiger partial charge on any atom is 0.145 e. The molecule has 0 fully saturated rings. The van der Waals surface area contributed by atoms with Gasteiger partial charge in [0.05, 0.1) is 6.61 Å². The van der Waals surface area contributed by atoms with Gasteiger partial charge in [-0.3, -0.25) is 0 Å². The molecular formula is C7H13N5O. The minimum absolute atomic E-state index is 0.579. The Morgan fingerprint density at radius 1 is 1.46 bits per heavy atom. The van der Waals surface area contributed by atoms with Gasteiger partial charge in [0.1, 0.15) is 18.0 Å². The molecule has 0 bridgehead atoms. The summed E-state index contributed by atoms with van der Waals surface area (Å²) >= 11 is 0. The second-order valence-electron chi connectivity index (χ2n) is 2.35. The van der Waals surface area contributed by atoms with E-state index in [1.165, 1.54) is 6.33 Å². The van der Waals surface area contributed by atoms with Gasteiger partial charge in [-0.15, -0.1) is 0 Å². The van der Waals surface area contributed by atoms with Crippen molar-refractivity contribution in [2.45, 2.75) is 0 Å². The average molecular weight is 183 g/mol. The summed E-state index contributed by atoms with van der Waals surface area (Å²) < 4.78 is 4.87. The molecular weight excluding hydrogens is 170 g/mol. The zero-order chi connectivity index (χ0) is 9.52. The first-order valence-corrected chi connectivity index (χ1v) is 3.88. The van der Waals surface area contributed by atoms with Crippen LogP contribution in [0.15, 0.2) is 12.4 Å². The van der Waals surface area contributed by atoms with Crippen LogP contribution in [0.1, 0.15) is 0 Å². The highest BCUT2D eigenvalue weighted by molar-refractivity contribution is 5.45. The Morgan fingerprint density at radius 2 is 2.23 bits per heavy atom. The van der Waals surface area contributed by atoms with Gasteiger partial charge in [0.25, 0.3) is 0 Å². The molecule has 0 aromatic carbocycles. The number of nitrogens with two attached hydrogens (primary N) is 1. The van der Waals surface area contributed by atoms with Gasteiger partial charge >= 0.3 is 0 Å². The molecule has 0 aliphatic heterocycles. The molecule has 1 rings (SSSR count). The number of nitrogens with zero attached hydrogens (tertiary/aromatic N) is 2. The van der Waals surface area contributed by atoms with Crippen LogP contribution in [0.4, 0.5) is 11.6 Å². The summed E-state index contributed by atoms with van der Waals surface area (Å²) in [6.45, 7) is 1.34. The van der Waals surface area contributed by atoms with Crippen molar-refractivity contribution in [2.24, 2.45) is 5.84 Å². The van der Waals surface area contributed by atoms with E-state index in [-0.39, 0.29) is 0 Å². The van der Waals surface area contributed by atoms with E-state index in [4.69, 9.17) is 10.6 Å². The molecule has 6 nitrogen and oxygen atoms in total. The quantitative estimate of drug-likeness (QED) is 0.333. The van der Waals surface area contributed by atoms with Crippen LogP contribution in [0.2, 0.25) is 0 Å². The highest BCUT2D eigenvalue weighted by Crippen LogP contribution is 2.05. The Balaban J connectivity index is 2.46. The SMILES string of the molecule is COCCNc1cc(NN)ncn1. The Labute approximate surface area is 76.5 Å². The number of rotatable bonds is 5. The predicted octanol–water partition coefficient (Wildman–Crippen LogP) is -0.179. The van der Waals surface area contributed by atoms with Crippen molar-refractivity contribution in [1.29, 1.82) is 0 Å². The lowest BCUT2D eigenvalue weighted by atomic mass is 10.5. The predicted molar refractivity (Wildman–Crippen MR) is 50.2 cm³/mol. The molecule has 4 N–H and O–H groups in total. The van der Waals surface area contributed by atoms with Crippen LogP contribution in [0.5, 0.6) is 0 Å². The number of methoxy groups -OCH3 is 1. The van der Waals surface area contributed by atoms with Crippen LogP contribution in [-0.4, -0.2) is 30.2 Å². The second-order valence-corrected chi connectivity index (χ2v) is 2.35. The summed E-state index contributed by atoms with van der Waals surface area (Å²) in [6.07, 6.45) is 1.43. The van der Waals surface area contributed by atoms with Gasteiger partial charge in [-0.25, -0.2) is 15.8 Å². The molecule has 0 aliphatic carbocycles. The van der Waals surface area contributed by atoms with E-state index in [1.807, 2.05) is 0 Å². The normalized spacial score (nSPS) is 9.69. The standard InChI is InChI=1S/C7H13N5O/c1-13-3-2-9-6-4-7(12-8)11-5-10-6/h4-5H,2-3,8H2,1H3,(H2,9,10,11,12). The van der Waals surface area contributed by atoms with Gasteiger partial charge in [0, 0.05) is 19.7 Å². The van der Waals surface area contributed by atoms with E-state index in [2.05, 4.69) is 20.7 Å². The summed E-state index contributed by atoms with van der Waals surface area (Å²) in [4.78, 5) is 7.85. The highest BCUT2D eigenvalue weighted by Gasteiger charge is 1.95. The monoisotopic (exact) mass is 183 g/mol. The number of hydrogen-bond donors (Lipinski definition) is 3. The zero-order valence-electron chi connectivity index (χ0n) is 7.45. The number of nitrogen functional groups attached to an aromatic ring is 1. The van der Waals surface area contributed by atoms with E-state index < -0.39 is 0 Å². The molecule has 1 aromatic rings. The van der Waals surface area contributed by atoms with Crippen LogP contribution in [0, 0.1) is 0 Å². The van der Waals surface area contributed by atoms with Crippen LogP contribution in [0.3, 0.4) is 0 Å². The van der Waals surface area contributed by atoms with Crippen molar-refractivity contribution in [3.8, 4) is 0 Å². The van der Waals surface area contributed by atoms with Gasteiger partial charge < -0.3 is 15.5 Å². The van der Waals surface area contributed by atoms with E-state index in [0.29, 0.717) is 19.0 Å². The molecule has 0 unspecified atom stereocenters. The Morgan fingerprint density at radius 3 is 2.92 bits per heavy atom. The summed E-state index contributed by atoms with van der Waals surface area (Å²) in [5, 5.41) is 3.05. The molecule has 0 amide bonds. The second kappa shape index (κ2) is 5.28. The Bertz CT molecular complexity index is 254. The van der Waals surface area contributed by atoms with Crippen LogP contribution >= 0.6 is 0 Å². The minimum Gasteiger partial charge on any atom is -0.383 e. The van der Waals surface area contributed by atoms with Gasteiger partial charge in [0.15, 0.2) is 0 Å². The number of nitrogens with one attached hydrogen (secondary N) is 2. The van der Waals surface area contributed by atoms with Crippen LogP contribution < -0.4 is 16.6 Å². The number of ether oxygens (including phenoxy) is 1. The Hall–Kier alpha value is -1.40. The fraction of sp³-hybridized carbons (Fsp3) is 0.429. The van der Waals surface area contributed by atoms with Crippen molar-refractivity contribution >= 4 is 11.6 Å². The third kappa shape index (κ3) is 3.22. The molecule has 6 heteroatoms. The van der Waals surface area contributed by atoms with Crippen LogP contribution in [0.25, 0.3) is 0 Å². The van der Waals surface area contributed by atoms with Crippen molar-refractivity contribution in [3.63, 3.8) is 0 Å². The molecule has 72 valence electrons. The Kier molecular flexibility index (Phi) is 3.94. The van der Waals surface area contributed by atoms with Gasteiger partial charge in [0.2, 0.25) is 0 Å². The van der Waals surface area contributed by atoms with Gasteiger partial charge in [-0.1, -0.05) is 0 Å². The third-order valence-corrected chi connectivity index (χ3v) is 1.43. The fourth-order valence-corrected chi connectivity index (χ4v) is 0.814. The van der Waals surface area contributed by atoms with E-state index in [1.54, 1.807) is 13.2 Å². The van der Waals surface area contributed by atoms with Crippen molar-refractivity contribution in [3.05, 3.63) is 12.4 Å². The topological polar surface area (TPSA) is 85.1 Å². The summed E-state index contributed by atoms with van der Waals surface area (Å²) in [7, 11) is 1.65. The average Bonchev–Trinajstić information content (AvgIpc) is 2.19. The first-order chi connectivity index (χ1) is 6.36. The minimum atomic E-state index is 0.579. The number of hydrogen-bond acceptors (Lipinski definition) is 6. The first-order valence-electron chi connectivity index (χ1n) is 3.88. The molecule has 0 spiro atoms. The molecule has 1 heterocycles. The molecule has 13 heavy (non-hydrogen) atoms. The fourth-order valence-electron chi connectivity index (χ4n) is 0.814. The molecule has 0 radical (unpaired) electrons. The van der Waals surface area contributed by atoms with Crippen molar-refractivity contribution in [2.75, 3.05) is 31.0 Å².